The summed E-state index contributed by atoms with van der Waals surface area (Å²) in [4.78, 5) is 28.1. The molecule has 0 fully saturated rings. The number of benzene rings is 1. The molecule has 0 spiro atoms. The van der Waals surface area contributed by atoms with Gasteiger partial charge in [-0.05, 0) is 38.1 Å². The van der Waals surface area contributed by atoms with Crippen LogP contribution < -0.4 is 5.32 Å². The first-order valence-electron chi connectivity index (χ1n) is 6.75. The number of aryl methyl sites for hydroxylation is 1. The number of nitrogens with zero attached hydrogens (tertiary/aromatic N) is 2. The van der Waals surface area contributed by atoms with Crippen molar-refractivity contribution in [2.75, 3.05) is 12.4 Å². The second kappa shape index (κ2) is 7.60. The zero-order valence-electron chi connectivity index (χ0n) is 13.1. The van der Waals surface area contributed by atoms with Gasteiger partial charge in [0.15, 0.2) is 0 Å². The van der Waals surface area contributed by atoms with Crippen LogP contribution in [-0.4, -0.2) is 30.0 Å². The molecule has 126 valence electrons. The Morgan fingerprint density at radius 3 is 2.58 bits per heavy atom. The van der Waals surface area contributed by atoms with Gasteiger partial charge >= 0.3 is 12.1 Å². The van der Waals surface area contributed by atoms with Crippen molar-refractivity contribution in [2.24, 2.45) is 5.16 Å². The molecular weight excluding hydrogens is 338 g/mol. The lowest BCUT2D eigenvalue weighted by Gasteiger charge is -2.04. The van der Waals surface area contributed by atoms with Crippen molar-refractivity contribution in [1.82, 2.24) is 5.16 Å². The van der Waals surface area contributed by atoms with Crippen LogP contribution in [0.4, 0.5) is 10.5 Å². The van der Waals surface area contributed by atoms with Gasteiger partial charge in [0.25, 0.3) is 0 Å². The molecule has 0 radical (unpaired) electrons. The van der Waals surface area contributed by atoms with Gasteiger partial charge < -0.3 is 9.26 Å². The minimum absolute atomic E-state index is 0.0436. The number of oxime groups is 1. The summed E-state index contributed by atoms with van der Waals surface area (Å²) in [6.45, 7) is 3.14. The molecule has 9 heteroatoms. The molecule has 0 saturated carbocycles. The Kier molecular flexibility index (Phi) is 5.54. The molecule has 1 aromatic heterocycles. The van der Waals surface area contributed by atoms with Crippen molar-refractivity contribution >= 4 is 35.1 Å². The predicted molar refractivity (Wildman–Crippen MR) is 86.3 cm³/mol. The van der Waals surface area contributed by atoms with E-state index in [-0.39, 0.29) is 11.4 Å². The Morgan fingerprint density at radius 2 is 1.96 bits per heavy atom. The van der Waals surface area contributed by atoms with Crippen LogP contribution in [0.5, 0.6) is 0 Å². The molecule has 0 aliphatic rings. The largest absolute Gasteiger partial charge is 0.464 e. The number of carbonyl (C=O) groups excluding carboxylic acids is 2. The molecule has 2 rings (SSSR count). The number of nitrogens with one attached hydrogen (secondary N) is 1. The molecule has 1 aromatic carbocycles. The second-order valence-electron chi connectivity index (χ2n) is 4.64. The summed E-state index contributed by atoms with van der Waals surface area (Å²) in [5, 5.41) is 10.3. The highest BCUT2D eigenvalue weighted by atomic mass is 35.5. The second-order valence-corrected chi connectivity index (χ2v) is 5.08. The highest BCUT2D eigenvalue weighted by molar-refractivity contribution is 6.30. The van der Waals surface area contributed by atoms with E-state index < -0.39 is 12.1 Å². The molecule has 1 amide bonds. The van der Waals surface area contributed by atoms with E-state index in [1.54, 1.807) is 38.1 Å². The Bertz CT molecular complexity index is 783. The van der Waals surface area contributed by atoms with Crippen molar-refractivity contribution < 1.29 is 23.7 Å². The van der Waals surface area contributed by atoms with E-state index in [4.69, 9.17) is 21.0 Å². The van der Waals surface area contributed by atoms with Crippen molar-refractivity contribution in [2.45, 2.75) is 13.8 Å². The standard InChI is InChI=1S/C15H14ClN3O5/c1-8(12-9(2)23-19-13(12)14(20)22-3)18-24-15(21)17-11-6-4-10(16)5-7-11/h4-7H,1-3H3,(H,17,21)/b18-8+. The van der Waals surface area contributed by atoms with Gasteiger partial charge in [0.05, 0.1) is 18.4 Å². The average Bonchev–Trinajstić information content (AvgIpc) is 2.95. The van der Waals surface area contributed by atoms with Gasteiger partial charge in [-0.2, -0.15) is 0 Å². The van der Waals surface area contributed by atoms with Crippen molar-refractivity contribution in [3.05, 3.63) is 46.3 Å². The third-order valence-corrected chi connectivity index (χ3v) is 3.21. The van der Waals surface area contributed by atoms with Gasteiger partial charge in [0.1, 0.15) is 5.76 Å². The fourth-order valence-electron chi connectivity index (χ4n) is 1.86. The Labute approximate surface area is 142 Å². The fourth-order valence-corrected chi connectivity index (χ4v) is 1.99. The fraction of sp³-hybridized carbons (Fsp3) is 0.200. The summed E-state index contributed by atoms with van der Waals surface area (Å²) in [6, 6.07) is 6.46. The van der Waals surface area contributed by atoms with E-state index in [2.05, 4.69) is 20.4 Å². The summed E-state index contributed by atoms with van der Waals surface area (Å²) in [6.07, 6.45) is -0.801. The highest BCUT2D eigenvalue weighted by Gasteiger charge is 2.23. The van der Waals surface area contributed by atoms with Crippen molar-refractivity contribution in [3.8, 4) is 0 Å². The summed E-state index contributed by atoms with van der Waals surface area (Å²) < 4.78 is 9.56. The molecule has 0 atom stereocenters. The number of halogens is 1. The van der Waals surface area contributed by atoms with Gasteiger partial charge in [0, 0.05) is 10.7 Å². The van der Waals surface area contributed by atoms with E-state index in [9.17, 15) is 9.59 Å². The third-order valence-electron chi connectivity index (χ3n) is 2.96. The quantitative estimate of drug-likeness (QED) is 0.392. The number of hydrogen-bond donors (Lipinski definition) is 1. The number of aromatic nitrogens is 1. The number of amides is 1. The average molecular weight is 352 g/mol. The van der Waals surface area contributed by atoms with Gasteiger partial charge in [0.2, 0.25) is 5.69 Å². The predicted octanol–water partition coefficient (Wildman–Crippen LogP) is 3.40. The number of hydrogen-bond acceptors (Lipinski definition) is 7. The van der Waals surface area contributed by atoms with E-state index in [0.717, 1.165) is 0 Å². The maximum atomic E-state index is 11.7. The highest BCUT2D eigenvalue weighted by Crippen LogP contribution is 2.16. The number of anilines is 1. The van der Waals surface area contributed by atoms with Crippen LogP contribution in [0.1, 0.15) is 28.7 Å². The molecule has 24 heavy (non-hydrogen) atoms. The topological polar surface area (TPSA) is 103 Å². The van der Waals surface area contributed by atoms with Gasteiger partial charge in [-0.15, -0.1) is 0 Å². The molecule has 0 saturated heterocycles. The first-order valence-corrected chi connectivity index (χ1v) is 7.13. The minimum atomic E-state index is -0.801. The molecule has 1 heterocycles. The van der Waals surface area contributed by atoms with E-state index in [1.807, 2.05) is 0 Å². The summed E-state index contributed by atoms with van der Waals surface area (Å²) in [5.74, 6) is -0.333. The van der Waals surface area contributed by atoms with E-state index in [1.165, 1.54) is 7.11 Å². The molecular formula is C15H14ClN3O5. The van der Waals surface area contributed by atoms with Crippen molar-refractivity contribution in [1.29, 1.82) is 0 Å². The zero-order chi connectivity index (χ0) is 17.7. The molecule has 0 aliphatic heterocycles. The Hall–Kier alpha value is -2.87. The van der Waals surface area contributed by atoms with Crippen LogP contribution in [0.15, 0.2) is 33.9 Å². The molecule has 2 aromatic rings. The Balaban J connectivity index is 2.09. The van der Waals surface area contributed by atoms with Gasteiger partial charge in [-0.1, -0.05) is 21.9 Å². The lowest BCUT2D eigenvalue weighted by Crippen LogP contribution is -2.13. The van der Waals surface area contributed by atoms with E-state index in [0.29, 0.717) is 22.0 Å². The summed E-state index contributed by atoms with van der Waals surface area (Å²) in [5.41, 5.74) is 0.994. The van der Waals surface area contributed by atoms with Crippen LogP contribution in [-0.2, 0) is 9.57 Å². The number of methoxy groups -OCH3 is 1. The minimum Gasteiger partial charge on any atom is -0.464 e. The summed E-state index contributed by atoms with van der Waals surface area (Å²) >= 11 is 5.76. The molecule has 0 unspecified atom stereocenters. The first kappa shape index (κ1) is 17.5. The van der Waals surface area contributed by atoms with Gasteiger partial charge in [-0.25, -0.2) is 9.59 Å². The molecule has 0 aliphatic carbocycles. The Morgan fingerprint density at radius 1 is 1.29 bits per heavy atom. The van der Waals surface area contributed by atoms with Crippen LogP contribution in [0, 0.1) is 6.92 Å². The van der Waals surface area contributed by atoms with Crippen LogP contribution in [0.3, 0.4) is 0 Å². The zero-order valence-corrected chi connectivity index (χ0v) is 13.9. The van der Waals surface area contributed by atoms with Crippen LogP contribution in [0.25, 0.3) is 0 Å². The van der Waals surface area contributed by atoms with Gasteiger partial charge in [-0.3, -0.25) is 10.2 Å². The first-order chi connectivity index (χ1) is 11.4. The third kappa shape index (κ3) is 4.11. The lowest BCUT2D eigenvalue weighted by molar-refractivity contribution is 0.0589. The maximum Gasteiger partial charge on any atom is 0.437 e. The number of carbonyl (C=O) groups is 2. The van der Waals surface area contributed by atoms with Crippen molar-refractivity contribution in [3.63, 3.8) is 0 Å². The lowest BCUT2D eigenvalue weighted by atomic mass is 10.1. The monoisotopic (exact) mass is 351 g/mol. The smallest absolute Gasteiger partial charge is 0.437 e. The maximum absolute atomic E-state index is 11.7. The van der Waals surface area contributed by atoms with Crippen LogP contribution >= 0.6 is 11.6 Å². The summed E-state index contributed by atoms with van der Waals surface area (Å²) in [7, 11) is 1.22. The number of ether oxygens (including phenoxy) is 1. The normalized spacial score (nSPS) is 11.1. The SMILES string of the molecule is COC(=O)c1noc(C)c1/C(C)=N/OC(=O)Nc1ccc(Cl)cc1. The number of rotatable bonds is 4. The molecule has 8 nitrogen and oxygen atoms in total. The van der Waals surface area contributed by atoms with Crippen LogP contribution in [0.2, 0.25) is 5.02 Å². The van der Waals surface area contributed by atoms with E-state index >= 15 is 0 Å². The molecule has 0 bridgehead atoms. The number of esters is 1. The molecule has 1 N–H and O–H groups in total.